The molecule has 1 aromatic heterocycles. The Morgan fingerprint density at radius 2 is 2.05 bits per heavy atom. The molecule has 0 aliphatic carbocycles. The van der Waals surface area contributed by atoms with Crippen molar-refractivity contribution in [2.75, 3.05) is 13.1 Å². The van der Waals surface area contributed by atoms with Crippen molar-refractivity contribution < 1.29 is 4.79 Å². The Hall–Kier alpha value is -2.20. The van der Waals surface area contributed by atoms with E-state index in [0.29, 0.717) is 26.1 Å². The fourth-order valence-corrected chi connectivity index (χ4v) is 2.37. The summed E-state index contributed by atoms with van der Waals surface area (Å²) in [4.78, 5) is 18.6. The zero-order valence-electron chi connectivity index (χ0n) is 13.0. The maximum atomic E-state index is 12.6. The van der Waals surface area contributed by atoms with Crippen LogP contribution < -0.4 is 5.73 Å². The lowest BCUT2D eigenvalue weighted by molar-refractivity contribution is -0.131. The van der Waals surface area contributed by atoms with Crippen LogP contribution >= 0.6 is 0 Å². The zero-order chi connectivity index (χ0) is 15.8. The number of benzene rings is 1. The Labute approximate surface area is 132 Å². The minimum atomic E-state index is 0.131. The first-order valence-electron chi connectivity index (χ1n) is 7.62. The van der Waals surface area contributed by atoms with Crippen LogP contribution in [0.4, 0.5) is 0 Å². The molecule has 0 radical (unpaired) electrons. The predicted molar refractivity (Wildman–Crippen MR) is 88.2 cm³/mol. The molecule has 4 nitrogen and oxygen atoms in total. The van der Waals surface area contributed by atoms with E-state index in [4.69, 9.17) is 5.73 Å². The van der Waals surface area contributed by atoms with Gasteiger partial charge in [-0.1, -0.05) is 30.3 Å². The van der Waals surface area contributed by atoms with Gasteiger partial charge in [0.15, 0.2) is 0 Å². The van der Waals surface area contributed by atoms with E-state index in [9.17, 15) is 4.79 Å². The van der Waals surface area contributed by atoms with Crippen LogP contribution in [0.25, 0.3) is 0 Å². The lowest BCUT2D eigenvalue weighted by Crippen LogP contribution is -2.33. The van der Waals surface area contributed by atoms with Gasteiger partial charge < -0.3 is 10.6 Å². The molecule has 0 aliphatic rings. The van der Waals surface area contributed by atoms with Gasteiger partial charge >= 0.3 is 0 Å². The topological polar surface area (TPSA) is 59.2 Å². The average Bonchev–Trinajstić information content (AvgIpc) is 2.54. The van der Waals surface area contributed by atoms with Crippen LogP contribution in [0, 0.1) is 6.92 Å². The van der Waals surface area contributed by atoms with E-state index in [1.54, 1.807) is 12.4 Å². The van der Waals surface area contributed by atoms with Crippen molar-refractivity contribution in [2.24, 2.45) is 5.73 Å². The molecule has 2 N–H and O–H groups in total. The van der Waals surface area contributed by atoms with Crippen molar-refractivity contribution in [3.8, 4) is 0 Å². The summed E-state index contributed by atoms with van der Waals surface area (Å²) in [6.45, 7) is 3.88. The van der Waals surface area contributed by atoms with Crippen molar-refractivity contribution >= 4 is 5.91 Å². The molecule has 22 heavy (non-hydrogen) atoms. The van der Waals surface area contributed by atoms with Crippen molar-refractivity contribution in [1.82, 2.24) is 9.88 Å². The van der Waals surface area contributed by atoms with Gasteiger partial charge in [0.1, 0.15) is 0 Å². The molecule has 0 saturated heterocycles. The van der Waals surface area contributed by atoms with Gasteiger partial charge in [0.05, 0.1) is 6.42 Å². The fraction of sp³-hybridized carbons (Fsp3) is 0.333. The van der Waals surface area contributed by atoms with Gasteiger partial charge in [0, 0.05) is 25.5 Å². The molecule has 0 fully saturated rings. The lowest BCUT2D eigenvalue weighted by atomic mass is 10.1. The summed E-state index contributed by atoms with van der Waals surface area (Å²) in [6.07, 6.45) is 4.77. The Bertz CT molecular complexity index is 598. The molecule has 1 aromatic carbocycles. The highest BCUT2D eigenvalue weighted by atomic mass is 16.2. The summed E-state index contributed by atoms with van der Waals surface area (Å²) in [5.41, 5.74) is 8.87. The van der Waals surface area contributed by atoms with Crippen molar-refractivity contribution in [1.29, 1.82) is 0 Å². The van der Waals surface area contributed by atoms with Crippen molar-refractivity contribution in [3.63, 3.8) is 0 Å². The van der Waals surface area contributed by atoms with Crippen LogP contribution in [-0.2, 0) is 17.8 Å². The normalized spacial score (nSPS) is 10.5. The van der Waals surface area contributed by atoms with Gasteiger partial charge in [0.25, 0.3) is 0 Å². The Balaban J connectivity index is 2.07. The van der Waals surface area contributed by atoms with Crippen LogP contribution in [0.1, 0.15) is 23.1 Å². The first-order valence-corrected chi connectivity index (χ1v) is 7.62. The maximum absolute atomic E-state index is 12.6. The largest absolute Gasteiger partial charge is 0.338 e. The summed E-state index contributed by atoms with van der Waals surface area (Å²) in [5, 5.41) is 0. The third kappa shape index (κ3) is 4.67. The molecule has 0 unspecified atom stereocenters. The Morgan fingerprint density at radius 1 is 1.23 bits per heavy atom. The molecule has 2 aromatic rings. The van der Waals surface area contributed by atoms with Crippen LogP contribution in [0.5, 0.6) is 0 Å². The molecule has 0 bridgehead atoms. The van der Waals surface area contributed by atoms with Gasteiger partial charge in [-0.15, -0.1) is 0 Å². The highest BCUT2D eigenvalue weighted by molar-refractivity contribution is 5.79. The highest BCUT2D eigenvalue weighted by Crippen LogP contribution is 2.11. The molecule has 1 amide bonds. The van der Waals surface area contributed by atoms with Crippen molar-refractivity contribution in [2.45, 2.75) is 26.3 Å². The zero-order valence-corrected chi connectivity index (χ0v) is 13.0. The van der Waals surface area contributed by atoms with E-state index >= 15 is 0 Å². The number of hydrogen-bond acceptors (Lipinski definition) is 3. The number of amides is 1. The van der Waals surface area contributed by atoms with Crippen LogP contribution in [0.2, 0.25) is 0 Å². The number of aryl methyl sites for hydroxylation is 1. The fourth-order valence-electron chi connectivity index (χ4n) is 2.37. The summed E-state index contributed by atoms with van der Waals surface area (Å²) < 4.78 is 0. The molecule has 0 spiro atoms. The summed E-state index contributed by atoms with van der Waals surface area (Å²) in [5.74, 6) is 0.131. The van der Waals surface area contributed by atoms with E-state index < -0.39 is 0 Å². The minimum Gasteiger partial charge on any atom is -0.338 e. The van der Waals surface area contributed by atoms with E-state index in [2.05, 4.69) is 4.98 Å². The van der Waals surface area contributed by atoms with Gasteiger partial charge in [-0.2, -0.15) is 0 Å². The second-order valence-corrected chi connectivity index (χ2v) is 5.42. The summed E-state index contributed by atoms with van der Waals surface area (Å²) >= 11 is 0. The van der Waals surface area contributed by atoms with Crippen molar-refractivity contribution in [3.05, 3.63) is 65.5 Å². The number of pyridine rings is 1. The molecular weight excluding hydrogens is 274 g/mol. The third-order valence-corrected chi connectivity index (χ3v) is 3.68. The number of rotatable bonds is 7. The molecule has 0 atom stereocenters. The molecule has 1 heterocycles. The summed E-state index contributed by atoms with van der Waals surface area (Å²) in [7, 11) is 0. The quantitative estimate of drug-likeness (QED) is 0.853. The van der Waals surface area contributed by atoms with Gasteiger partial charge in [-0.25, -0.2) is 0 Å². The SMILES string of the molecule is Cc1ccccc1CC(=O)N(CCCN)Cc1cccnc1. The van der Waals surface area contributed by atoms with Crippen LogP contribution in [0.3, 0.4) is 0 Å². The number of nitrogens with zero attached hydrogens (tertiary/aromatic N) is 2. The maximum Gasteiger partial charge on any atom is 0.227 e. The minimum absolute atomic E-state index is 0.131. The monoisotopic (exact) mass is 297 g/mol. The molecule has 0 saturated carbocycles. The van der Waals surface area contributed by atoms with Crippen LogP contribution in [0.15, 0.2) is 48.8 Å². The number of carbonyl (C=O) groups excluding carboxylic acids is 1. The van der Waals surface area contributed by atoms with E-state index in [1.807, 2.05) is 48.2 Å². The van der Waals surface area contributed by atoms with Crippen LogP contribution in [-0.4, -0.2) is 28.9 Å². The second kappa shape index (κ2) is 8.29. The smallest absolute Gasteiger partial charge is 0.227 e. The highest BCUT2D eigenvalue weighted by Gasteiger charge is 2.15. The van der Waals surface area contributed by atoms with Gasteiger partial charge in [-0.3, -0.25) is 9.78 Å². The van der Waals surface area contributed by atoms with E-state index in [-0.39, 0.29) is 5.91 Å². The van der Waals surface area contributed by atoms with Gasteiger partial charge in [0.2, 0.25) is 5.91 Å². The third-order valence-electron chi connectivity index (χ3n) is 3.68. The molecule has 116 valence electrons. The lowest BCUT2D eigenvalue weighted by Gasteiger charge is -2.23. The molecule has 4 heteroatoms. The molecule has 0 aliphatic heterocycles. The number of aromatic nitrogens is 1. The number of hydrogen-bond donors (Lipinski definition) is 1. The van der Waals surface area contributed by atoms with E-state index in [1.165, 1.54) is 0 Å². The average molecular weight is 297 g/mol. The number of nitrogens with two attached hydrogens (primary N) is 1. The predicted octanol–water partition coefficient (Wildman–Crippen LogP) is 2.31. The standard InChI is InChI=1S/C18H23N3O/c1-15-6-2-3-8-17(15)12-18(22)21(11-5-9-19)14-16-7-4-10-20-13-16/h2-4,6-8,10,13H,5,9,11-12,14,19H2,1H3. The molecule has 2 rings (SSSR count). The first-order chi connectivity index (χ1) is 10.7. The van der Waals surface area contributed by atoms with E-state index in [0.717, 1.165) is 23.1 Å². The Morgan fingerprint density at radius 3 is 2.73 bits per heavy atom. The number of carbonyl (C=O) groups is 1. The Kier molecular flexibility index (Phi) is 6.10. The summed E-state index contributed by atoms with van der Waals surface area (Å²) in [6, 6.07) is 11.9. The second-order valence-electron chi connectivity index (χ2n) is 5.42. The van der Waals surface area contributed by atoms with Gasteiger partial charge in [-0.05, 0) is 42.6 Å². The molecular formula is C18H23N3O. The first kappa shape index (κ1) is 16.2.